The molecule has 2 nitrogen and oxygen atoms in total. The molecule has 0 atom stereocenters. The SMILES string of the molecule is Clc1ccc(CN(Cc2ccccc2)Cc2ccco2)s1. The van der Waals surface area contributed by atoms with Gasteiger partial charge in [0.05, 0.1) is 17.1 Å². The molecule has 0 saturated heterocycles. The van der Waals surface area contributed by atoms with Crippen molar-refractivity contribution in [3.05, 3.63) is 81.4 Å². The van der Waals surface area contributed by atoms with Crippen LogP contribution in [0.15, 0.2) is 65.3 Å². The van der Waals surface area contributed by atoms with Gasteiger partial charge in [-0.1, -0.05) is 41.9 Å². The summed E-state index contributed by atoms with van der Waals surface area (Å²) in [4.78, 5) is 3.62. The van der Waals surface area contributed by atoms with Crippen LogP contribution in [0.5, 0.6) is 0 Å². The van der Waals surface area contributed by atoms with E-state index in [-0.39, 0.29) is 0 Å². The molecule has 0 saturated carbocycles. The Hall–Kier alpha value is -1.55. The zero-order valence-corrected chi connectivity index (χ0v) is 13.1. The highest BCUT2D eigenvalue weighted by Crippen LogP contribution is 2.24. The molecule has 2 aromatic heterocycles. The van der Waals surface area contributed by atoms with Gasteiger partial charge < -0.3 is 4.42 Å². The molecule has 3 rings (SSSR count). The van der Waals surface area contributed by atoms with Gasteiger partial charge in [-0.15, -0.1) is 11.3 Å². The molecule has 21 heavy (non-hydrogen) atoms. The van der Waals surface area contributed by atoms with Crippen molar-refractivity contribution in [1.82, 2.24) is 4.90 Å². The summed E-state index contributed by atoms with van der Waals surface area (Å²) in [6.45, 7) is 2.54. The third kappa shape index (κ3) is 4.21. The Morgan fingerprint density at radius 1 is 0.905 bits per heavy atom. The zero-order valence-electron chi connectivity index (χ0n) is 11.5. The van der Waals surface area contributed by atoms with Gasteiger partial charge in [-0.2, -0.15) is 0 Å². The van der Waals surface area contributed by atoms with Gasteiger partial charge in [0, 0.05) is 18.0 Å². The van der Waals surface area contributed by atoms with Crippen LogP contribution >= 0.6 is 22.9 Å². The highest BCUT2D eigenvalue weighted by atomic mass is 35.5. The molecule has 0 spiro atoms. The number of hydrogen-bond donors (Lipinski definition) is 0. The van der Waals surface area contributed by atoms with E-state index in [0.29, 0.717) is 0 Å². The van der Waals surface area contributed by atoms with Crippen molar-refractivity contribution in [2.45, 2.75) is 19.6 Å². The fourth-order valence-corrected chi connectivity index (χ4v) is 3.42. The summed E-state index contributed by atoms with van der Waals surface area (Å²) in [5.74, 6) is 0.980. The Bertz CT molecular complexity index is 663. The second-order valence-electron chi connectivity index (χ2n) is 4.92. The number of nitrogens with zero attached hydrogens (tertiary/aromatic N) is 1. The Labute approximate surface area is 133 Å². The summed E-state index contributed by atoms with van der Waals surface area (Å²) in [6, 6.07) is 18.5. The molecular weight excluding hydrogens is 302 g/mol. The van der Waals surface area contributed by atoms with Crippen molar-refractivity contribution in [3.8, 4) is 0 Å². The van der Waals surface area contributed by atoms with Crippen molar-refractivity contribution in [1.29, 1.82) is 0 Å². The van der Waals surface area contributed by atoms with Gasteiger partial charge in [0.1, 0.15) is 5.76 Å². The van der Waals surface area contributed by atoms with Crippen molar-refractivity contribution in [2.24, 2.45) is 0 Å². The lowest BCUT2D eigenvalue weighted by atomic mass is 10.2. The minimum Gasteiger partial charge on any atom is -0.468 e. The summed E-state index contributed by atoms with van der Waals surface area (Å²) in [6.07, 6.45) is 1.72. The van der Waals surface area contributed by atoms with E-state index in [1.807, 2.05) is 24.3 Å². The average molecular weight is 318 g/mol. The lowest BCUT2D eigenvalue weighted by molar-refractivity contribution is 0.229. The third-order valence-electron chi connectivity index (χ3n) is 3.22. The second-order valence-corrected chi connectivity index (χ2v) is 6.72. The Morgan fingerprint density at radius 2 is 1.76 bits per heavy atom. The fourth-order valence-electron chi connectivity index (χ4n) is 2.29. The molecule has 0 aliphatic heterocycles. The van der Waals surface area contributed by atoms with Gasteiger partial charge in [0.2, 0.25) is 0 Å². The molecule has 0 bridgehead atoms. The molecule has 3 aromatic rings. The number of benzene rings is 1. The largest absolute Gasteiger partial charge is 0.468 e. The van der Waals surface area contributed by atoms with Gasteiger partial charge in [-0.05, 0) is 29.8 Å². The molecule has 4 heteroatoms. The number of thiophene rings is 1. The van der Waals surface area contributed by atoms with Gasteiger partial charge in [0.25, 0.3) is 0 Å². The molecule has 0 fully saturated rings. The van der Waals surface area contributed by atoms with Gasteiger partial charge in [-0.25, -0.2) is 0 Å². The topological polar surface area (TPSA) is 16.4 Å². The van der Waals surface area contributed by atoms with Gasteiger partial charge >= 0.3 is 0 Å². The maximum atomic E-state index is 6.03. The van der Waals surface area contributed by atoms with E-state index >= 15 is 0 Å². The van der Waals surface area contributed by atoms with Crippen LogP contribution in [0.2, 0.25) is 4.34 Å². The fraction of sp³-hybridized carbons (Fsp3) is 0.176. The van der Waals surface area contributed by atoms with Crippen LogP contribution in [0.25, 0.3) is 0 Å². The van der Waals surface area contributed by atoms with E-state index in [1.54, 1.807) is 17.6 Å². The predicted octanol–water partition coefficient (Wildman–Crippen LogP) is 5.20. The normalized spacial score (nSPS) is 11.1. The van der Waals surface area contributed by atoms with E-state index in [9.17, 15) is 0 Å². The minimum absolute atomic E-state index is 0.789. The van der Waals surface area contributed by atoms with E-state index in [2.05, 4.69) is 35.2 Å². The predicted molar refractivity (Wildman–Crippen MR) is 87.4 cm³/mol. The Morgan fingerprint density at radius 3 is 2.43 bits per heavy atom. The lowest BCUT2D eigenvalue weighted by Crippen LogP contribution is -2.21. The smallest absolute Gasteiger partial charge is 0.117 e. The second kappa shape index (κ2) is 6.94. The molecule has 0 aliphatic carbocycles. The highest BCUT2D eigenvalue weighted by molar-refractivity contribution is 7.16. The van der Waals surface area contributed by atoms with Crippen LogP contribution < -0.4 is 0 Å². The summed E-state index contributed by atoms with van der Waals surface area (Å²) >= 11 is 7.66. The zero-order chi connectivity index (χ0) is 14.5. The number of rotatable bonds is 6. The van der Waals surface area contributed by atoms with Crippen LogP contribution in [0.3, 0.4) is 0 Å². The monoisotopic (exact) mass is 317 g/mol. The first kappa shape index (κ1) is 14.4. The van der Waals surface area contributed by atoms with E-state index in [0.717, 1.165) is 29.7 Å². The van der Waals surface area contributed by atoms with Crippen LogP contribution in [0, 0.1) is 0 Å². The molecule has 108 valence electrons. The standard InChI is InChI=1S/C17H16ClNOS/c18-17-9-8-16(21-17)13-19(12-15-7-4-10-20-15)11-14-5-2-1-3-6-14/h1-10H,11-13H2. The van der Waals surface area contributed by atoms with E-state index < -0.39 is 0 Å². The lowest BCUT2D eigenvalue weighted by Gasteiger charge is -2.20. The van der Waals surface area contributed by atoms with Crippen molar-refractivity contribution >= 4 is 22.9 Å². The highest BCUT2D eigenvalue weighted by Gasteiger charge is 2.11. The summed E-state index contributed by atoms with van der Waals surface area (Å²) in [7, 11) is 0. The van der Waals surface area contributed by atoms with Gasteiger partial charge in [-0.3, -0.25) is 4.90 Å². The van der Waals surface area contributed by atoms with E-state index in [4.69, 9.17) is 16.0 Å². The van der Waals surface area contributed by atoms with Crippen LogP contribution in [-0.2, 0) is 19.6 Å². The maximum Gasteiger partial charge on any atom is 0.117 e. The van der Waals surface area contributed by atoms with Crippen LogP contribution in [0.4, 0.5) is 0 Å². The maximum absolute atomic E-state index is 6.03. The molecular formula is C17H16ClNOS. The minimum atomic E-state index is 0.789. The first-order chi connectivity index (χ1) is 10.3. The average Bonchev–Trinajstić information content (AvgIpc) is 3.12. The van der Waals surface area contributed by atoms with Crippen molar-refractivity contribution < 1.29 is 4.42 Å². The molecule has 0 aliphatic rings. The van der Waals surface area contributed by atoms with Crippen molar-refractivity contribution in [3.63, 3.8) is 0 Å². The number of hydrogen-bond acceptors (Lipinski definition) is 3. The van der Waals surface area contributed by atoms with Crippen molar-refractivity contribution in [2.75, 3.05) is 0 Å². The Kier molecular flexibility index (Phi) is 4.76. The van der Waals surface area contributed by atoms with E-state index in [1.165, 1.54) is 10.4 Å². The number of halogens is 1. The summed E-state index contributed by atoms with van der Waals surface area (Å²) in [5, 5.41) is 0. The summed E-state index contributed by atoms with van der Waals surface area (Å²) < 4.78 is 6.32. The molecule has 2 heterocycles. The molecule has 0 amide bonds. The van der Waals surface area contributed by atoms with Gasteiger partial charge in [0.15, 0.2) is 0 Å². The number of furan rings is 1. The van der Waals surface area contributed by atoms with Crippen LogP contribution in [-0.4, -0.2) is 4.90 Å². The molecule has 1 aromatic carbocycles. The summed E-state index contributed by atoms with van der Waals surface area (Å²) in [5.41, 5.74) is 1.30. The first-order valence-corrected chi connectivity index (χ1v) is 8.02. The third-order valence-corrected chi connectivity index (χ3v) is 4.43. The Balaban J connectivity index is 1.73. The molecule has 0 radical (unpaired) electrons. The molecule has 0 unspecified atom stereocenters. The van der Waals surface area contributed by atoms with Crippen LogP contribution in [0.1, 0.15) is 16.2 Å². The molecule has 0 N–H and O–H groups in total. The first-order valence-electron chi connectivity index (χ1n) is 6.82. The quantitative estimate of drug-likeness (QED) is 0.621.